The molecule has 0 amide bonds. The Morgan fingerprint density at radius 1 is 1.27 bits per heavy atom. The second-order valence-electron chi connectivity index (χ2n) is 4.27. The van der Waals surface area contributed by atoms with Crippen LogP contribution in [0.2, 0.25) is 0 Å². The van der Waals surface area contributed by atoms with Crippen molar-refractivity contribution in [2.24, 2.45) is 0 Å². The van der Waals surface area contributed by atoms with Gasteiger partial charge in [0.15, 0.2) is 11.6 Å². The number of hydrogen-bond donors (Lipinski definition) is 0. The Bertz CT molecular complexity index is 351. The molecule has 1 fully saturated rings. The molecular weight excluding hydrogens is 196 g/mol. The van der Waals surface area contributed by atoms with Gasteiger partial charge in [-0.15, -0.1) is 0 Å². The van der Waals surface area contributed by atoms with E-state index in [4.69, 9.17) is 0 Å². The SMILES string of the molecule is CN1CCCC(c2ccc(F)c(F)c2)C1. The molecule has 0 saturated carbocycles. The van der Waals surface area contributed by atoms with E-state index >= 15 is 0 Å². The van der Waals surface area contributed by atoms with Crippen molar-refractivity contribution in [1.29, 1.82) is 0 Å². The molecule has 1 aliphatic heterocycles. The first kappa shape index (κ1) is 10.6. The van der Waals surface area contributed by atoms with Gasteiger partial charge in [0.1, 0.15) is 0 Å². The van der Waals surface area contributed by atoms with Gasteiger partial charge in [-0.05, 0) is 50.0 Å². The Balaban J connectivity index is 2.18. The summed E-state index contributed by atoms with van der Waals surface area (Å²) >= 11 is 0. The molecule has 0 spiro atoms. The standard InChI is InChI=1S/C12H15F2N/c1-15-6-2-3-10(8-15)9-4-5-11(13)12(14)7-9/h4-5,7,10H,2-3,6,8H2,1H3. The van der Waals surface area contributed by atoms with Crippen LogP contribution in [0.5, 0.6) is 0 Å². The van der Waals surface area contributed by atoms with Crippen LogP contribution in [0.25, 0.3) is 0 Å². The van der Waals surface area contributed by atoms with Gasteiger partial charge in [-0.2, -0.15) is 0 Å². The fourth-order valence-corrected chi connectivity index (χ4v) is 2.20. The van der Waals surface area contributed by atoms with E-state index in [0.717, 1.165) is 31.5 Å². The number of rotatable bonds is 1. The summed E-state index contributed by atoms with van der Waals surface area (Å²) in [7, 11) is 2.06. The summed E-state index contributed by atoms with van der Waals surface area (Å²) in [5, 5.41) is 0. The van der Waals surface area contributed by atoms with Crippen LogP contribution in [0, 0.1) is 11.6 Å². The van der Waals surface area contributed by atoms with E-state index in [1.807, 2.05) is 0 Å². The van der Waals surface area contributed by atoms with Crippen molar-refractivity contribution in [2.75, 3.05) is 20.1 Å². The van der Waals surface area contributed by atoms with Crippen LogP contribution in [0.1, 0.15) is 24.3 Å². The zero-order valence-electron chi connectivity index (χ0n) is 8.84. The smallest absolute Gasteiger partial charge is 0.159 e. The molecule has 0 bridgehead atoms. The predicted octanol–water partition coefficient (Wildman–Crippen LogP) is 2.77. The molecule has 82 valence electrons. The molecular formula is C12H15F2N. The van der Waals surface area contributed by atoms with Crippen LogP contribution >= 0.6 is 0 Å². The molecule has 3 heteroatoms. The molecule has 0 aliphatic carbocycles. The summed E-state index contributed by atoms with van der Waals surface area (Å²) in [5.41, 5.74) is 0.917. The molecule has 15 heavy (non-hydrogen) atoms. The van der Waals surface area contributed by atoms with Crippen molar-refractivity contribution < 1.29 is 8.78 Å². The number of piperidine rings is 1. The van der Waals surface area contributed by atoms with E-state index in [0.29, 0.717) is 5.92 Å². The zero-order valence-corrected chi connectivity index (χ0v) is 8.84. The monoisotopic (exact) mass is 211 g/mol. The number of benzene rings is 1. The molecule has 1 aromatic carbocycles. The molecule has 0 radical (unpaired) electrons. The van der Waals surface area contributed by atoms with E-state index in [2.05, 4.69) is 11.9 Å². The van der Waals surface area contributed by atoms with Crippen LogP contribution in [0.4, 0.5) is 8.78 Å². The van der Waals surface area contributed by atoms with Gasteiger partial charge in [-0.3, -0.25) is 0 Å². The lowest BCUT2D eigenvalue weighted by Gasteiger charge is -2.29. The largest absolute Gasteiger partial charge is 0.306 e. The minimum atomic E-state index is -0.761. The lowest BCUT2D eigenvalue weighted by molar-refractivity contribution is 0.250. The minimum absolute atomic E-state index is 0.346. The highest BCUT2D eigenvalue weighted by molar-refractivity contribution is 5.22. The van der Waals surface area contributed by atoms with Crippen LogP contribution in [-0.4, -0.2) is 25.0 Å². The fourth-order valence-electron chi connectivity index (χ4n) is 2.20. The summed E-state index contributed by atoms with van der Waals surface area (Å²) < 4.78 is 25.8. The zero-order chi connectivity index (χ0) is 10.8. The van der Waals surface area contributed by atoms with Gasteiger partial charge in [-0.25, -0.2) is 8.78 Å². The van der Waals surface area contributed by atoms with Gasteiger partial charge in [0, 0.05) is 6.54 Å². The average molecular weight is 211 g/mol. The first-order valence-electron chi connectivity index (χ1n) is 5.30. The van der Waals surface area contributed by atoms with E-state index in [-0.39, 0.29) is 0 Å². The first-order valence-corrected chi connectivity index (χ1v) is 5.30. The van der Waals surface area contributed by atoms with Gasteiger partial charge < -0.3 is 4.90 Å². The van der Waals surface area contributed by atoms with E-state index in [1.165, 1.54) is 12.1 Å². The second-order valence-corrected chi connectivity index (χ2v) is 4.27. The molecule has 1 heterocycles. The van der Waals surface area contributed by atoms with Crippen molar-refractivity contribution >= 4 is 0 Å². The molecule has 0 aromatic heterocycles. The lowest BCUT2D eigenvalue weighted by Crippen LogP contribution is -2.30. The number of nitrogens with zero attached hydrogens (tertiary/aromatic N) is 1. The molecule has 1 saturated heterocycles. The van der Waals surface area contributed by atoms with Crippen LogP contribution in [-0.2, 0) is 0 Å². The van der Waals surface area contributed by atoms with Gasteiger partial charge in [-0.1, -0.05) is 6.07 Å². The summed E-state index contributed by atoms with van der Waals surface area (Å²) in [6.07, 6.45) is 2.19. The fraction of sp³-hybridized carbons (Fsp3) is 0.500. The highest BCUT2D eigenvalue weighted by atomic mass is 19.2. The Labute approximate surface area is 88.7 Å². The molecule has 1 nitrogen and oxygen atoms in total. The summed E-state index contributed by atoms with van der Waals surface area (Å²) in [6.45, 7) is 2.03. The maximum Gasteiger partial charge on any atom is 0.159 e. The normalized spacial score (nSPS) is 23.0. The maximum atomic E-state index is 13.0. The van der Waals surface area contributed by atoms with Crippen LogP contribution in [0.3, 0.4) is 0 Å². The van der Waals surface area contributed by atoms with E-state index in [9.17, 15) is 8.78 Å². The number of likely N-dealkylation sites (N-methyl/N-ethyl adjacent to an activating group) is 1. The molecule has 1 unspecified atom stereocenters. The van der Waals surface area contributed by atoms with Gasteiger partial charge in [0.25, 0.3) is 0 Å². The summed E-state index contributed by atoms with van der Waals surface area (Å²) in [6, 6.07) is 4.25. The Morgan fingerprint density at radius 3 is 2.73 bits per heavy atom. The Kier molecular flexibility index (Phi) is 3.00. The summed E-state index contributed by atoms with van der Waals surface area (Å²) in [5.74, 6) is -1.15. The molecule has 1 aromatic rings. The Morgan fingerprint density at radius 2 is 2.07 bits per heavy atom. The highest BCUT2D eigenvalue weighted by Crippen LogP contribution is 2.26. The average Bonchev–Trinajstić information content (AvgIpc) is 2.22. The number of hydrogen-bond acceptors (Lipinski definition) is 1. The molecule has 0 N–H and O–H groups in total. The van der Waals surface area contributed by atoms with E-state index < -0.39 is 11.6 Å². The molecule has 1 atom stereocenters. The first-order chi connectivity index (χ1) is 7.16. The third kappa shape index (κ3) is 2.34. The number of likely N-dealkylation sites (tertiary alicyclic amines) is 1. The van der Waals surface area contributed by atoms with Crippen molar-refractivity contribution in [3.05, 3.63) is 35.4 Å². The van der Waals surface area contributed by atoms with Gasteiger partial charge in [0.2, 0.25) is 0 Å². The third-order valence-corrected chi connectivity index (χ3v) is 3.04. The van der Waals surface area contributed by atoms with Crippen LogP contribution < -0.4 is 0 Å². The maximum absolute atomic E-state index is 13.0. The second kappa shape index (κ2) is 4.27. The van der Waals surface area contributed by atoms with Crippen molar-refractivity contribution in [3.63, 3.8) is 0 Å². The third-order valence-electron chi connectivity index (χ3n) is 3.04. The van der Waals surface area contributed by atoms with Crippen LogP contribution in [0.15, 0.2) is 18.2 Å². The van der Waals surface area contributed by atoms with E-state index in [1.54, 1.807) is 6.07 Å². The predicted molar refractivity (Wildman–Crippen MR) is 55.8 cm³/mol. The topological polar surface area (TPSA) is 3.24 Å². The van der Waals surface area contributed by atoms with Crippen molar-refractivity contribution in [3.8, 4) is 0 Å². The van der Waals surface area contributed by atoms with Gasteiger partial charge in [0.05, 0.1) is 0 Å². The van der Waals surface area contributed by atoms with Crippen molar-refractivity contribution in [1.82, 2.24) is 4.90 Å². The lowest BCUT2D eigenvalue weighted by atomic mass is 9.91. The Hall–Kier alpha value is -0.960. The quantitative estimate of drug-likeness (QED) is 0.690. The summed E-state index contributed by atoms with van der Waals surface area (Å²) in [4.78, 5) is 2.23. The van der Waals surface area contributed by atoms with Gasteiger partial charge >= 0.3 is 0 Å². The minimum Gasteiger partial charge on any atom is -0.306 e. The number of halogens is 2. The molecule has 1 aliphatic rings. The van der Waals surface area contributed by atoms with Crippen molar-refractivity contribution in [2.45, 2.75) is 18.8 Å². The highest BCUT2D eigenvalue weighted by Gasteiger charge is 2.19. The molecule has 2 rings (SSSR count).